The predicted molar refractivity (Wildman–Crippen MR) is 84.2 cm³/mol. The molecule has 0 atom stereocenters. The van der Waals surface area contributed by atoms with Gasteiger partial charge in [0.1, 0.15) is 0 Å². The van der Waals surface area contributed by atoms with Crippen LogP contribution in [0, 0.1) is 0 Å². The smallest absolute Gasteiger partial charge is 0.160 e. The molecule has 0 saturated heterocycles. The lowest BCUT2D eigenvalue weighted by Crippen LogP contribution is -1.80. The van der Waals surface area contributed by atoms with Gasteiger partial charge in [0.05, 0.1) is 13.7 Å². The van der Waals surface area contributed by atoms with E-state index in [1.54, 1.807) is 24.3 Å². The molecule has 0 heterocycles. The van der Waals surface area contributed by atoms with Gasteiger partial charge in [-0.05, 0) is 45.7 Å². The zero-order valence-electron chi connectivity index (χ0n) is 12.9. The van der Waals surface area contributed by atoms with E-state index in [1.807, 2.05) is 6.08 Å². The first-order valence-electron chi connectivity index (χ1n) is 6.73. The number of allylic oxidation sites excluding steroid dienone is 3. The molecule has 3 nitrogen and oxygen atoms in total. The van der Waals surface area contributed by atoms with Crippen molar-refractivity contribution in [1.29, 1.82) is 0 Å². The van der Waals surface area contributed by atoms with Crippen LogP contribution in [0.4, 0.5) is 0 Å². The maximum absolute atomic E-state index is 8.99. The second-order valence-corrected chi connectivity index (χ2v) is 4.73. The number of aliphatic hydroxyl groups is 1. The summed E-state index contributed by atoms with van der Waals surface area (Å²) in [6.07, 6.45) is 6.23. The van der Waals surface area contributed by atoms with Crippen LogP contribution in [0.25, 0.3) is 0 Å². The SMILES string of the molecule is CC(C)=CCC/C(C)=C/CO.COc1ccccc1O. The summed E-state index contributed by atoms with van der Waals surface area (Å²) in [5, 5.41) is 17.5. The Morgan fingerprint density at radius 2 is 1.80 bits per heavy atom. The quantitative estimate of drug-likeness (QED) is 0.798. The largest absolute Gasteiger partial charge is 0.504 e. The number of methoxy groups -OCH3 is 1. The molecule has 0 spiro atoms. The zero-order chi connectivity index (χ0) is 15.4. The molecule has 0 amide bonds. The average Bonchev–Trinajstić information content (AvgIpc) is 2.40. The Morgan fingerprint density at radius 1 is 1.15 bits per heavy atom. The first-order chi connectivity index (χ1) is 9.51. The molecule has 2 N–H and O–H groups in total. The number of para-hydroxylation sites is 2. The van der Waals surface area contributed by atoms with Crippen LogP contribution in [0.2, 0.25) is 0 Å². The van der Waals surface area contributed by atoms with Crippen LogP contribution < -0.4 is 4.74 Å². The minimum atomic E-state index is 0.167. The second kappa shape index (κ2) is 11.1. The van der Waals surface area contributed by atoms with Crippen LogP contribution in [0.5, 0.6) is 11.5 Å². The number of phenols is 1. The summed E-state index contributed by atoms with van der Waals surface area (Å²) < 4.78 is 4.79. The van der Waals surface area contributed by atoms with Crippen LogP contribution in [0.3, 0.4) is 0 Å². The van der Waals surface area contributed by atoms with Gasteiger partial charge in [0.25, 0.3) is 0 Å². The first-order valence-corrected chi connectivity index (χ1v) is 6.73. The van der Waals surface area contributed by atoms with Crippen molar-refractivity contribution in [3.05, 3.63) is 47.6 Å². The van der Waals surface area contributed by atoms with Gasteiger partial charge in [-0.25, -0.2) is 0 Å². The Hall–Kier alpha value is -1.74. The predicted octanol–water partition coefficient (Wildman–Crippen LogP) is 4.07. The highest BCUT2D eigenvalue weighted by Gasteiger charge is 1.94. The number of benzene rings is 1. The molecule has 112 valence electrons. The van der Waals surface area contributed by atoms with E-state index < -0.39 is 0 Å². The summed E-state index contributed by atoms with van der Waals surface area (Å²) in [6, 6.07) is 6.84. The molecule has 0 radical (unpaired) electrons. The summed E-state index contributed by atoms with van der Waals surface area (Å²) >= 11 is 0. The second-order valence-electron chi connectivity index (χ2n) is 4.73. The van der Waals surface area contributed by atoms with Gasteiger partial charge in [0, 0.05) is 0 Å². The minimum Gasteiger partial charge on any atom is -0.504 e. The molecule has 0 fully saturated rings. The van der Waals surface area contributed by atoms with E-state index >= 15 is 0 Å². The average molecular weight is 278 g/mol. The van der Waals surface area contributed by atoms with E-state index in [-0.39, 0.29) is 12.4 Å². The lowest BCUT2D eigenvalue weighted by atomic mass is 10.1. The normalized spacial score (nSPS) is 10.3. The van der Waals surface area contributed by atoms with Crippen LogP contribution in [-0.4, -0.2) is 23.9 Å². The molecule has 0 aliphatic carbocycles. The molecule has 1 aromatic carbocycles. The highest BCUT2D eigenvalue weighted by Crippen LogP contribution is 2.23. The lowest BCUT2D eigenvalue weighted by molar-refractivity contribution is 0.341. The van der Waals surface area contributed by atoms with Crippen LogP contribution in [-0.2, 0) is 0 Å². The standard InChI is InChI=1S/C10H18O.C7H8O2/c1-9(2)5-4-6-10(3)7-8-11;1-9-7-5-3-2-4-6(7)8/h5,7,11H,4,6,8H2,1-3H3;2-5,8H,1H3/b10-7+;. The van der Waals surface area contributed by atoms with Crippen molar-refractivity contribution in [2.45, 2.75) is 33.6 Å². The zero-order valence-corrected chi connectivity index (χ0v) is 12.9. The van der Waals surface area contributed by atoms with Crippen molar-refractivity contribution in [3.63, 3.8) is 0 Å². The summed E-state index contributed by atoms with van der Waals surface area (Å²) in [4.78, 5) is 0. The van der Waals surface area contributed by atoms with E-state index in [2.05, 4.69) is 26.8 Å². The van der Waals surface area contributed by atoms with Gasteiger partial charge in [-0.3, -0.25) is 0 Å². The molecular formula is C17H26O3. The van der Waals surface area contributed by atoms with Crippen LogP contribution in [0.15, 0.2) is 47.6 Å². The lowest BCUT2D eigenvalue weighted by Gasteiger charge is -1.99. The fourth-order valence-electron chi connectivity index (χ4n) is 1.48. The number of aliphatic hydroxyl groups excluding tert-OH is 1. The summed E-state index contributed by atoms with van der Waals surface area (Å²) in [5.74, 6) is 0.692. The molecule has 0 aromatic heterocycles. The highest BCUT2D eigenvalue weighted by atomic mass is 16.5. The molecule has 0 saturated carbocycles. The van der Waals surface area contributed by atoms with E-state index in [1.165, 1.54) is 18.3 Å². The van der Waals surface area contributed by atoms with E-state index in [0.29, 0.717) is 5.75 Å². The molecule has 3 heteroatoms. The summed E-state index contributed by atoms with van der Waals surface area (Å²) in [5.41, 5.74) is 2.63. The van der Waals surface area contributed by atoms with Gasteiger partial charge in [-0.1, -0.05) is 35.4 Å². The highest BCUT2D eigenvalue weighted by molar-refractivity contribution is 5.37. The molecule has 0 aliphatic rings. The Balaban J connectivity index is 0.000000367. The van der Waals surface area contributed by atoms with Crippen molar-refractivity contribution in [2.75, 3.05) is 13.7 Å². The van der Waals surface area contributed by atoms with Gasteiger partial charge < -0.3 is 14.9 Å². The van der Waals surface area contributed by atoms with Gasteiger partial charge in [0.2, 0.25) is 0 Å². The fourth-order valence-corrected chi connectivity index (χ4v) is 1.48. The van der Waals surface area contributed by atoms with Gasteiger partial charge in [0.15, 0.2) is 11.5 Å². The molecule has 1 aromatic rings. The molecule has 0 unspecified atom stereocenters. The summed E-state index contributed by atoms with van der Waals surface area (Å²) in [7, 11) is 1.52. The number of hydrogen-bond donors (Lipinski definition) is 2. The minimum absolute atomic E-state index is 0.167. The number of hydrogen-bond acceptors (Lipinski definition) is 3. The van der Waals surface area contributed by atoms with Crippen molar-refractivity contribution < 1.29 is 14.9 Å². The molecule has 1 rings (SSSR count). The number of rotatable bonds is 5. The van der Waals surface area contributed by atoms with Gasteiger partial charge >= 0.3 is 0 Å². The topological polar surface area (TPSA) is 49.7 Å². The third-order valence-electron chi connectivity index (χ3n) is 2.62. The Bertz CT molecular complexity index is 430. The number of phenolic OH excluding ortho intramolecular Hbond substituents is 1. The van der Waals surface area contributed by atoms with Crippen LogP contribution in [0.1, 0.15) is 33.6 Å². The van der Waals surface area contributed by atoms with Gasteiger partial charge in [-0.2, -0.15) is 0 Å². The van der Waals surface area contributed by atoms with Crippen LogP contribution >= 0.6 is 0 Å². The maximum atomic E-state index is 8.99. The van der Waals surface area contributed by atoms with Gasteiger partial charge in [-0.15, -0.1) is 0 Å². The third kappa shape index (κ3) is 9.22. The van der Waals surface area contributed by atoms with Crippen molar-refractivity contribution in [3.8, 4) is 11.5 Å². The monoisotopic (exact) mass is 278 g/mol. The first kappa shape index (κ1) is 18.3. The Labute approximate surface area is 122 Å². The molecule has 0 aliphatic heterocycles. The Kier molecular flexibility index (Phi) is 10.2. The van der Waals surface area contributed by atoms with Crippen molar-refractivity contribution >= 4 is 0 Å². The van der Waals surface area contributed by atoms with E-state index in [4.69, 9.17) is 14.9 Å². The molecule has 0 bridgehead atoms. The van der Waals surface area contributed by atoms with Crippen molar-refractivity contribution in [2.24, 2.45) is 0 Å². The maximum Gasteiger partial charge on any atom is 0.160 e. The Morgan fingerprint density at radius 3 is 2.25 bits per heavy atom. The third-order valence-corrected chi connectivity index (χ3v) is 2.62. The molecule has 20 heavy (non-hydrogen) atoms. The van der Waals surface area contributed by atoms with E-state index in [0.717, 1.165) is 12.8 Å². The fraction of sp³-hybridized carbons (Fsp3) is 0.412. The van der Waals surface area contributed by atoms with Crippen molar-refractivity contribution in [1.82, 2.24) is 0 Å². The van der Waals surface area contributed by atoms with E-state index in [9.17, 15) is 0 Å². The molecular weight excluding hydrogens is 252 g/mol. The summed E-state index contributed by atoms with van der Waals surface area (Å²) in [6.45, 7) is 6.42. The number of ether oxygens (including phenoxy) is 1. The number of aromatic hydroxyl groups is 1.